The van der Waals surface area contributed by atoms with Crippen molar-refractivity contribution in [3.8, 4) is 0 Å². The number of likely N-dealkylation sites (N-methyl/N-ethyl adjacent to an activating group) is 1. The minimum absolute atomic E-state index is 0.0262. The molecule has 3 rings (SSSR count). The lowest BCUT2D eigenvalue weighted by atomic mass is 9.80. The Balaban J connectivity index is 1.84. The van der Waals surface area contributed by atoms with E-state index in [9.17, 15) is 9.59 Å². The molecule has 120 valence electrons. The second kappa shape index (κ2) is 5.41. The van der Waals surface area contributed by atoms with Crippen molar-refractivity contribution >= 4 is 11.8 Å². The fourth-order valence-corrected chi connectivity index (χ4v) is 3.88. The van der Waals surface area contributed by atoms with Gasteiger partial charge in [0.25, 0.3) is 5.91 Å². The van der Waals surface area contributed by atoms with Crippen LogP contribution < -0.4 is 0 Å². The van der Waals surface area contributed by atoms with Gasteiger partial charge >= 0.3 is 0 Å². The van der Waals surface area contributed by atoms with Crippen LogP contribution in [0, 0.1) is 13.8 Å². The van der Waals surface area contributed by atoms with E-state index >= 15 is 0 Å². The Labute approximate surface area is 130 Å². The molecule has 1 atom stereocenters. The van der Waals surface area contributed by atoms with E-state index in [2.05, 4.69) is 5.16 Å². The van der Waals surface area contributed by atoms with Crippen LogP contribution in [0.25, 0.3) is 0 Å². The maximum Gasteiger partial charge on any atom is 0.259 e. The van der Waals surface area contributed by atoms with Crippen molar-refractivity contribution in [1.29, 1.82) is 0 Å². The largest absolute Gasteiger partial charge is 0.361 e. The van der Waals surface area contributed by atoms with Gasteiger partial charge in [0, 0.05) is 26.6 Å². The number of piperidine rings is 2. The molecule has 0 radical (unpaired) electrons. The topological polar surface area (TPSA) is 66.7 Å². The molecule has 2 saturated heterocycles. The first kappa shape index (κ1) is 15.1. The van der Waals surface area contributed by atoms with E-state index < -0.39 is 0 Å². The van der Waals surface area contributed by atoms with Gasteiger partial charge in [-0.05, 0) is 39.5 Å². The number of nitrogens with zero attached hydrogens (tertiary/aromatic N) is 3. The number of amides is 2. The van der Waals surface area contributed by atoms with Crippen LogP contribution in [0.4, 0.5) is 0 Å². The number of aryl methyl sites for hydroxylation is 2. The van der Waals surface area contributed by atoms with Crippen LogP contribution in [0.3, 0.4) is 0 Å². The third-order valence-corrected chi connectivity index (χ3v) is 5.21. The zero-order valence-corrected chi connectivity index (χ0v) is 13.5. The summed E-state index contributed by atoms with van der Waals surface area (Å²) in [4.78, 5) is 28.7. The normalized spacial score (nSPS) is 25.9. The Hall–Kier alpha value is -1.85. The maximum absolute atomic E-state index is 12.8. The van der Waals surface area contributed by atoms with E-state index in [1.807, 2.05) is 16.8 Å². The van der Waals surface area contributed by atoms with Crippen LogP contribution in [0.15, 0.2) is 4.52 Å². The Morgan fingerprint density at radius 2 is 2.00 bits per heavy atom. The minimum atomic E-state index is -0.192. The summed E-state index contributed by atoms with van der Waals surface area (Å²) >= 11 is 0. The molecule has 1 spiro atoms. The second-order valence-corrected chi connectivity index (χ2v) is 6.56. The summed E-state index contributed by atoms with van der Waals surface area (Å²) in [7, 11) is 1.88. The third-order valence-electron chi connectivity index (χ3n) is 5.21. The quantitative estimate of drug-likeness (QED) is 0.795. The molecular formula is C16H23N3O3. The first-order chi connectivity index (χ1) is 10.4. The maximum atomic E-state index is 12.8. The van der Waals surface area contributed by atoms with E-state index in [1.165, 1.54) is 0 Å². The minimum Gasteiger partial charge on any atom is -0.361 e. The van der Waals surface area contributed by atoms with Crippen LogP contribution in [0.5, 0.6) is 0 Å². The summed E-state index contributed by atoms with van der Waals surface area (Å²) in [6.07, 6.45) is 4.40. The lowest BCUT2D eigenvalue weighted by Gasteiger charge is -2.50. The van der Waals surface area contributed by atoms with Crippen LogP contribution in [0.1, 0.15) is 53.9 Å². The molecular weight excluding hydrogens is 282 g/mol. The lowest BCUT2D eigenvalue weighted by molar-refractivity contribution is -0.142. The van der Waals surface area contributed by atoms with E-state index in [4.69, 9.17) is 4.52 Å². The molecule has 0 bridgehead atoms. The van der Waals surface area contributed by atoms with Gasteiger partial charge in [-0.25, -0.2) is 0 Å². The molecule has 2 aliphatic heterocycles. The Bertz CT molecular complexity index is 586. The molecule has 0 unspecified atom stereocenters. The summed E-state index contributed by atoms with van der Waals surface area (Å²) in [5.41, 5.74) is 1.01. The monoisotopic (exact) mass is 305 g/mol. The van der Waals surface area contributed by atoms with Crippen molar-refractivity contribution in [3.63, 3.8) is 0 Å². The first-order valence-corrected chi connectivity index (χ1v) is 7.93. The lowest BCUT2D eigenvalue weighted by Crippen LogP contribution is -2.61. The van der Waals surface area contributed by atoms with Gasteiger partial charge in [-0.15, -0.1) is 0 Å². The molecule has 6 nitrogen and oxygen atoms in total. The smallest absolute Gasteiger partial charge is 0.259 e. The van der Waals surface area contributed by atoms with E-state index in [-0.39, 0.29) is 17.4 Å². The van der Waals surface area contributed by atoms with Crippen molar-refractivity contribution in [3.05, 3.63) is 17.0 Å². The summed E-state index contributed by atoms with van der Waals surface area (Å²) in [6.45, 7) is 4.90. The predicted molar refractivity (Wildman–Crippen MR) is 80.5 cm³/mol. The summed E-state index contributed by atoms with van der Waals surface area (Å²) < 4.78 is 5.12. The summed E-state index contributed by atoms with van der Waals surface area (Å²) in [6, 6.07) is 0. The number of carbonyl (C=O) groups excluding carboxylic acids is 2. The van der Waals surface area contributed by atoms with E-state index in [0.29, 0.717) is 30.0 Å². The molecule has 0 aliphatic carbocycles. The third kappa shape index (κ3) is 2.30. The Kier molecular flexibility index (Phi) is 3.70. The van der Waals surface area contributed by atoms with Gasteiger partial charge in [0.1, 0.15) is 11.3 Å². The van der Waals surface area contributed by atoms with Crippen molar-refractivity contribution in [2.24, 2.45) is 0 Å². The fourth-order valence-electron chi connectivity index (χ4n) is 3.88. The SMILES string of the molecule is Cc1noc(C)c1C(=O)N1CCC[C@@]2(CCCC(=O)N2C)C1. The van der Waals surface area contributed by atoms with Gasteiger partial charge in [-0.3, -0.25) is 9.59 Å². The van der Waals surface area contributed by atoms with Crippen LogP contribution >= 0.6 is 0 Å². The van der Waals surface area contributed by atoms with E-state index in [0.717, 1.165) is 32.2 Å². The highest BCUT2D eigenvalue weighted by Crippen LogP contribution is 2.36. The van der Waals surface area contributed by atoms with Crippen molar-refractivity contribution < 1.29 is 14.1 Å². The molecule has 3 heterocycles. The number of rotatable bonds is 1. The number of aromatic nitrogens is 1. The summed E-state index contributed by atoms with van der Waals surface area (Å²) in [5, 5.41) is 3.88. The Morgan fingerprint density at radius 3 is 2.68 bits per heavy atom. The molecule has 6 heteroatoms. The molecule has 0 N–H and O–H groups in total. The molecule has 2 amide bonds. The van der Waals surface area contributed by atoms with Crippen molar-refractivity contribution in [1.82, 2.24) is 15.0 Å². The Morgan fingerprint density at radius 1 is 1.27 bits per heavy atom. The number of carbonyl (C=O) groups is 2. The molecule has 1 aromatic heterocycles. The molecule has 0 aromatic carbocycles. The van der Waals surface area contributed by atoms with Crippen LogP contribution in [0.2, 0.25) is 0 Å². The first-order valence-electron chi connectivity index (χ1n) is 7.93. The van der Waals surface area contributed by atoms with Crippen molar-refractivity contribution in [2.45, 2.75) is 51.5 Å². The highest BCUT2D eigenvalue weighted by atomic mass is 16.5. The number of likely N-dealkylation sites (tertiary alicyclic amines) is 2. The highest BCUT2D eigenvalue weighted by Gasteiger charge is 2.44. The average Bonchev–Trinajstić information content (AvgIpc) is 2.83. The average molecular weight is 305 g/mol. The highest BCUT2D eigenvalue weighted by molar-refractivity contribution is 5.96. The predicted octanol–water partition coefficient (Wildman–Crippen LogP) is 1.91. The van der Waals surface area contributed by atoms with Crippen LogP contribution in [-0.2, 0) is 4.79 Å². The van der Waals surface area contributed by atoms with Gasteiger partial charge in [0.2, 0.25) is 5.91 Å². The number of hydrogen-bond donors (Lipinski definition) is 0. The molecule has 2 aliphatic rings. The molecule has 2 fully saturated rings. The molecule has 1 aromatic rings. The fraction of sp³-hybridized carbons (Fsp3) is 0.688. The summed E-state index contributed by atoms with van der Waals surface area (Å²) in [5.74, 6) is 0.731. The van der Waals surface area contributed by atoms with Gasteiger partial charge in [0.05, 0.1) is 11.2 Å². The van der Waals surface area contributed by atoms with Crippen molar-refractivity contribution in [2.75, 3.05) is 20.1 Å². The standard InChI is InChI=1S/C16H23N3O3/c1-11-14(12(2)22-17-11)15(21)19-9-5-8-16(10-19)7-4-6-13(20)18(16)3/h4-10H2,1-3H3/t16-/m0/s1. The van der Waals surface area contributed by atoms with Gasteiger partial charge in [-0.1, -0.05) is 5.16 Å². The van der Waals surface area contributed by atoms with Gasteiger partial charge in [-0.2, -0.15) is 0 Å². The van der Waals surface area contributed by atoms with E-state index in [1.54, 1.807) is 13.8 Å². The zero-order valence-electron chi connectivity index (χ0n) is 13.5. The number of hydrogen-bond acceptors (Lipinski definition) is 4. The van der Waals surface area contributed by atoms with Crippen LogP contribution in [-0.4, -0.2) is 52.4 Å². The van der Waals surface area contributed by atoms with Gasteiger partial charge in [0.15, 0.2) is 0 Å². The molecule has 0 saturated carbocycles. The second-order valence-electron chi connectivity index (χ2n) is 6.56. The molecule has 22 heavy (non-hydrogen) atoms. The zero-order chi connectivity index (χ0) is 15.9. The van der Waals surface area contributed by atoms with Gasteiger partial charge < -0.3 is 14.3 Å².